The number of carbonyl (C=O) groups is 1. The second-order valence-electron chi connectivity index (χ2n) is 6.65. The molecule has 31 heavy (non-hydrogen) atoms. The maximum absolute atomic E-state index is 12.5. The summed E-state index contributed by atoms with van der Waals surface area (Å²) in [5, 5.41) is 1.94. The molecule has 2 aromatic carbocycles. The predicted octanol–water partition coefficient (Wildman–Crippen LogP) is 4.65. The van der Waals surface area contributed by atoms with E-state index in [-0.39, 0.29) is 10.7 Å². The first-order valence-corrected chi connectivity index (χ1v) is 12.2. The van der Waals surface area contributed by atoms with Crippen LogP contribution in [-0.4, -0.2) is 36.6 Å². The van der Waals surface area contributed by atoms with Gasteiger partial charge in [-0.1, -0.05) is 32.1 Å². The molecular formula is C23H24N2O4S2. The average molecular weight is 457 g/mol. The summed E-state index contributed by atoms with van der Waals surface area (Å²) in [6.45, 7) is 4.80. The molecule has 0 aliphatic rings. The van der Waals surface area contributed by atoms with Crippen molar-refractivity contribution in [3.63, 3.8) is 0 Å². The zero-order valence-electron chi connectivity index (χ0n) is 17.4. The van der Waals surface area contributed by atoms with Crippen molar-refractivity contribution in [2.45, 2.75) is 25.3 Å². The van der Waals surface area contributed by atoms with Gasteiger partial charge in [0.15, 0.2) is 5.78 Å². The van der Waals surface area contributed by atoms with Gasteiger partial charge in [-0.25, -0.2) is 13.4 Å². The molecule has 0 saturated heterocycles. The minimum Gasteiger partial charge on any atom is -0.487 e. The minimum absolute atomic E-state index is 0.185. The average Bonchev–Trinajstić information content (AvgIpc) is 3.31. The molecule has 3 rings (SSSR count). The zero-order chi connectivity index (χ0) is 22.3. The number of hydrogen-bond donors (Lipinski definition) is 0. The van der Waals surface area contributed by atoms with Crippen LogP contribution in [0.3, 0.4) is 0 Å². The molecule has 0 aliphatic carbocycles. The van der Waals surface area contributed by atoms with E-state index in [1.165, 1.54) is 33.9 Å². The van der Waals surface area contributed by atoms with Crippen LogP contribution < -0.4 is 4.74 Å². The number of thiazole rings is 1. The maximum Gasteiger partial charge on any atom is 0.243 e. The van der Waals surface area contributed by atoms with Crippen molar-refractivity contribution >= 4 is 33.2 Å². The number of rotatable bonds is 10. The van der Waals surface area contributed by atoms with Crippen molar-refractivity contribution in [1.29, 1.82) is 0 Å². The Labute approximate surface area is 186 Å². The van der Waals surface area contributed by atoms with Gasteiger partial charge < -0.3 is 4.74 Å². The van der Waals surface area contributed by atoms with Crippen LogP contribution >= 0.6 is 11.3 Å². The Hall–Kier alpha value is -2.81. The number of benzene rings is 2. The highest BCUT2D eigenvalue weighted by Gasteiger charge is 2.21. The number of carbonyl (C=O) groups excluding carboxylic acids is 1. The fraction of sp³-hybridized carbons (Fsp3) is 0.217. The first-order valence-electron chi connectivity index (χ1n) is 9.86. The normalized spacial score (nSPS) is 11.8. The molecule has 162 valence electrons. The molecule has 0 fully saturated rings. The van der Waals surface area contributed by atoms with Gasteiger partial charge in [-0.2, -0.15) is 4.31 Å². The monoisotopic (exact) mass is 456 g/mol. The first kappa shape index (κ1) is 22.9. The lowest BCUT2D eigenvalue weighted by Crippen LogP contribution is -2.30. The van der Waals surface area contributed by atoms with Gasteiger partial charge in [-0.15, -0.1) is 11.3 Å². The molecule has 0 bridgehead atoms. The molecule has 1 heterocycles. The standard InChI is InChI=1S/C23H24N2O4S2/c1-3-25(4-2)31(27,28)22-12-8-19(9-13-22)23(26)14-7-18-5-10-21(11-6-18)29-15-20-16-30-17-24-20/h5-14,16-17H,3-4,15H2,1-2H3/b14-7+. The van der Waals surface area contributed by atoms with E-state index in [4.69, 9.17) is 4.74 Å². The lowest BCUT2D eigenvalue weighted by atomic mass is 10.1. The summed E-state index contributed by atoms with van der Waals surface area (Å²) in [7, 11) is -3.53. The Balaban J connectivity index is 1.61. The Morgan fingerprint density at radius 2 is 1.74 bits per heavy atom. The van der Waals surface area contributed by atoms with Crippen molar-refractivity contribution in [1.82, 2.24) is 9.29 Å². The van der Waals surface area contributed by atoms with E-state index in [9.17, 15) is 13.2 Å². The van der Waals surface area contributed by atoms with Gasteiger partial charge in [0, 0.05) is 24.0 Å². The van der Waals surface area contributed by atoms with Crippen molar-refractivity contribution < 1.29 is 17.9 Å². The number of nitrogens with zero attached hydrogens (tertiary/aromatic N) is 2. The lowest BCUT2D eigenvalue weighted by Gasteiger charge is -2.18. The number of hydrogen-bond acceptors (Lipinski definition) is 6. The number of aromatic nitrogens is 1. The Morgan fingerprint density at radius 3 is 2.32 bits per heavy atom. The van der Waals surface area contributed by atoms with Gasteiger partial charge in [0.05, 0.1) is 16.1 Å². The van der Waals surface area contributed by atoms with Gasteiger partial charge in [-0.05, 0) is 48.0 Å². The number of ketones is 1. The smallest absolute Gasteiger partial charge is 0.243 e. The second kappa shape index (κ2) is 10.5. The summed E-state index contributed by atoms with van der Waals surface area (Å²) < 4.78 is 32.1. The van der Waals surface area contributed by atoms with Crippen molar-refractivity contribution in [3.05, 3.63) is 82.3 Å². The minimum atomic E-state index is -3.53. The lowest BCUT2D eigenvalue weighted by molar-refractivity contribution is 0.104. The summed E-state index contributed by atoms with van der Waals surface area (Å²) >= 11 is 1.53. The van der Waals surface area contributed by atoms with Crippen LogP contribution in [0.1, 0.15) is 35.5 Å². The van der Waals surface area contributed by atoms with Gasteiger partial charge in [0.2, 0.25) is 10.0 Å². The number of sulfonamides is 1. The third-order valence-electron chi connectivity index (χ3n) is 4.66. The zero-order valence-corrected chi connectivity index (χ0v) is 19.0. The molecule has 0 unspecified atom stereocenters. The van der Waals surface area contributed by atoms with E-state index in [0.717, 1.165) is 17.0 Å². The van der Waals surface area contributed by atoms with Gasteiger partial charge in [-0.3, -0.25) is 4.79 Å². The van der Waals surface area contributed by atoms with Gasteiger partial charge in [0.25, 0.3) is 0 Å². The fourth-order valence-electron chi connectivity index (χ4n) is 2.91. The highest BCUT2D eigenvalue weighted by Crippen LogP contribution is 2.18. The van der Waals surface area contributed by atoms with E-state index < -0.39 is 10.0 Å². The molecule has 0 aliphatic heterocycles. The third-order valence-corrected chi connectivity index (χ3v) is 7.36. The van der Waals surface area contributed by atoms with E-state index >= 15 is 0 Å². The van der Waals surface area contributed by atoms with E-state index in [1.54, 1.807) is 37.6 Å². The maximum atomic E-state index is 12.5. The molecule has 0 N–H and O–H groups in total. The summed E-state index contributed by atoms with van der Waals surface area (Å²) in [5.41, 5.74) is 3.93. The number of allylic oxidation sites excluding steroid dienone is 1. The van der Waals surface area contributed by atoms with Crippen molar-refractivity contribution in [2.24, 2.45) is 0 Å². The van der Waals surface area contributed by atoms with Crippen LogP contribution in [0.2, 0.25) is 0 Å². The molecule has 0 radical (unpaired) electrons. The van der Waals surface area contributed by atoms with Crippen molar-refractivity contribution in [3.8, 4) is 5.75 Å². The third kappa shape index (κ3) is 5.88. The molecule has 8 heteroatoms. The van der Waals surface area contributed by atoms with E-state index in [2.05, 4.69) is 4.98 Å². The summed E-state index contributed by atoms with van der Waals surface area (Å²) in [6, 6.07) is 13.4. The van der Waals surface area contributed by atoms with Gasteiger partial charge >= 0.3 is 0 Å². The van der Waals surface area contributed by atoms with Crippen LogP contribution in [0.15, 0.2) is 70.4 Å². The Kier molecular flexibility index (Phi) is 7.73. The summed E-state index contributed by atoms with van der Waals surface area (Å²) in [6.07, 6.45) is 3.19. The molecule has 1 aromatic heterocycles. The van der Waals surface area contributed by atoms with E-state index in [0.29, 0.717) is 25.3 Å². The highest BCUT2D eigenvalue weighted by molar-refractivity contribution is 7.89. The molecular weight excluding hydrogens is 432 g/mol. The molecule has 3 aromatic rings. The van der Waals surface area contributed by atoms with Crippen LogP contribution in [0.25, 0.3) is 6.08 Å². The molecule has 0 atom stereocenters. The highest BCUT2D eigenvalue weighted by atomic mass is 32.2. The summed E-state index contributed by atoms with van der Waals surface area (Å²) in [5.74, 6) is 0.525. The number of ether oxygens (including phenoxy) is 1. The first-order chi connectivity index (χ1) is 14.9. The van der Waals surface area contributed by atoms with Crippen LogP contribution in [0.4, 0.5) is 0 Å². The quantitative estimate of drug-likeness (QED) is 0.328. The fourth-order valence-corrected chi connectivity index (χ4v) is 4.91. The van der Waals surface area contributed by atoms with Crippen LogP contribution in [0.5, 0.6) is 5.75 Å². The van der Waals surface area contributed by atoms with Crippen LogP contribution in [0, 0.1) is 0 Å². The van der Waals surface area contributed by atoms with Crippen molar-refractivity contribution in [2.75, 3.05) is 13.1 Å². The molecule has 0 spiro atoms. The molecule has 0 saturated carbocycles. The topological polar surface area (TPSA) is 76.6 Å². The SMILES string of the molecule is CCN(CC)S(=O)(=O)c1ccc(C(=O)/C=C/c2ccc(OCc3cscn3)cc2)cc1. The van der Waals surface area contributed by atoms with Crippen LogP contribution in [-0.2, 0) is 16.6 Å². The predicted molar refractivity (Wildman–Crippen MR) is 123 cm³/mol. The Morgan fingerprint density at radius 1 is 1.06 bits per heavy atom. The Bertz CT molecular complexity index is 1120. The largest absolute Gasteiger partial charge is 0.487 e. The summed E-state index contributed by atoms with van der Waals surface area (Å²) in [4.78, 5) is 16.8. The molecule has 0 amide bonds. The second-order valence-corrected chi connectivity index (χ2v) is 9.31. The molecule has 6 nitrogen and oxygen atoms in total. The van der Waals surface area contributed by atoms with Gasteiger partial charge in [0.1, 0.15) is 12.4 Å². The van der Waals surface area contributed by atoms with E-state index in [1.807, 2.05) is 29.6 Å².